The molecule has 8 heteroatoms. The Hall–Kier alpha value is -2.32. The topological polar surface area (TPSA) is 94.4 Å². The Balaban J connectivity index is 1.89. The molecule has 4 rings (SSSR count). The van der Waals surface area contributed by atoms with Crippen molar-refractivity contribution in [3.63, 3.8) is 0 Å². The number of nitrogens with two attached hydrogens (primary N) is 1. The van der Waals surface area contributed by atoms with Crippen LogP contribution in [0.2, 0.25) is 0 Å². The van der Waals surface area contributed by atoms with Gasteiger partial charge in [-0.1, -0.05) is 13.3 Å². The van der Waals surface area contributed by atoms with E-state index >= 15 is 0 Å². The zero-order valence-corrected chi connectivity index (χ0v) is 16.8. The second-order valence-electron chi connectivity index (χ2n) is 6.47. The minimum atomic E-state index is -1.28. The van der Waals surface area contributed by atoms with Crippen molar-refractivity contribution in [3.05, 3.63) is 29.4 Å². The highest BCUT2D eigenvalue weighted by Crippen LogP contribution is 2.39. The van der Waals surface area contributed by atoms with Crippen LogP contribution < -0.4 is 5.73 Å². The average molecular weight is 401 g/mol. The van der Waals surface area contributed by atoms with Gasteiger partial charge in [0.25, 0.3) is 0 Å². The van der Waals surface area contributed by atoms with Crippen LogP contribution in [-0.2, 0) is 10.8 Å². The maximum absolute atomic E-state index is 12.7. The summed E-state index contributed by atoms with van der Waals surface area (Å²) in [4.78, 5) is 13.4. The van der Waals surface area contributed by atoms with E-state index in [2.05, 4.69) is 21.9 Å². The number of allylic oxidation sites excluding steroid dienone is 1. The number of furan rings is 1. The fourth-order valence-electron chi connectivity index (χ4n) is 3.07. The second-order valence-corrected chi connectivity index (χ2v) is 8.84. The van der Waals surface area contributed by atoms with Crippen LogP contribution in [0.15, 0.2) is 38.3 Å². The lowest BCUT2D eigenvalue weighted by Gasteiger charge is -2.07. The van der Waals surface area contributed by atoms with Gasteiger partial charge in [-0.05, 0) is 30.5 Å². The van der Waals surface area contributed by atoms with Crippen LogP contribution in [0.3, 0.4) is 0 Å². The van der Waals surface area contributed by atoms with Crippen molar-refractivity contribution in [2.75, 3.05) is 11.5 Å². The van der Waals surface area contributed by atoms with Crippen molar-refractivity contribution < 1.29 is 8.63 Å². The quantitative estimate of drug-likeness (QED) is 0.650. The largest absolute Gasteiger partial charge is 0.427 e. The Bertz CT molecular complexity index is 1080. The number of aromatic nitrogens is 2. The fourth-order valence-corrected chi connectivity index (χ4v) is 4.92. The first kappa shape index (κ1) is 18.1. The lowest BCUT2D eigenvalue weighted by Crippen LogP contribution is -2.00. The molecule has 0 amide bonds. The Morgan fingerprint density at radius 3 is 2.93 bits per heavy atom. The van der Waals surface area contributed by atoms with E-state index in [4.69, 9.17) is 10.2 Å². The lowest BCUT2D eigenvalue weighted by molar-refractivity contribution is 0.497. The van der Waals surface area contributed by atoms with Gasteiger partial charge >= 0.3 is 0 Å². The molecule has 4 heterocycles. The van der Waals surface area contributed by atoms with Crippen LogP contribution in [0, 0.1) is 0 Å². The molecule has 1 aliphatic rings. The normalized spacial score (nSPS) is 15.2. The van der Waals surface area contributed by atoms with Crippen molar-refractivity contribution in [3.8, 4) is 10.7 Å². The predicted molar refractivity (Wildman–Crippen MR) is 111 cm³/mol. The second kappa shape index (κ2) is 7.36. The van der Waals surface area contributed by atoms with E-state index in [0.717, 1.165) is 46.8 Å². The molecule has 0 bridgehead atoms. The highest BCUT2D eigenvalue weighted by atomic mass is 32.2. The van der Waals surface area contributed by atoms with E-state index in [1.807, 2.05) is 24.6 Å². The van der Waals surface area contributed by atoms with Crippen molar-refractivity contribution in [1.29, 1.82) is 0 Å². The summed E-state index contributed by atoms with van der Waals surface area (Å²) in [5.41, 5.74) is 10.9. The van der Waals surface area contributed by atoms with Crippen LogP contribution in [0.1, 0.15) is 38.7 Å². The molecule has 1 aliphatic heterocycles. The Morgan fingerprint density at radius 1 is 1.41 bits per heavy atom. The van der Waals surface area contributed by atoms with Gasteiger partial charge in [0, 0.05) is 35.7 Å². The van der Waals surface area contributed by atoms with Crippen molar-refractivity contribution in [2.45, 2.75) is 38.2 Å². The summed E-state index contributed by atoms with van der Waals surface area (Å²) in [5.74, 6) is 0.528. The van der Waals surface area contributed by atoms with Crippen molar-refractivity contribution in [2.24, 2.45) is 4.99 Å². The summed E-state index contributed by atoms with van der Waals surface area (Å²) in [6, 6.07) is 1.98. The molecule has 2 N–H and O–H groups in total. The lowest BCUT2D eigenvalue weighted by atomic mass is 10.00. The molecule has 1 atom stereocenters. The first-order chi connectivity index (χ1) is 13.1. The molecule has 0 aromatic carbocycles. The van der Waals surface area contributed by atoms with E-state index in [-0.39, 0.29) is 0 Å². The number of aliphatic imine (C=N–C) groups is 1. The number of rotatable bonds is 6. The van der Waals surface area contributed by atoms with Crippen LogP contribution in [0.25, 0.3) is 27.4 Å². The number of nitrogens with zero attached hydrogens (tertiary/aromatic N) is 3. The van der Waals surface area contributed by atoms with Gasteiger partial charge in [0.1, 0.15) is 10.7 Å². The maximum Gasteiger partial charge on any atom is 0.231 e. The van der Waals surface area contributed by atoms with E-state index in [1.54, 1.807) is 6.20 Å². The first-order valence-electron chi connectivity index (χ1n) is 8.82. The third kappa shape index (κ3) is 3.35. The highest BCUT2D eigenvalue weighted by Gasteiger charge is 2.24. The minimum Gasteiger partial charge on any atom is -0.427 e. The number of pyridine rings is 1. The Labute approximate surface area is 163 Å². The predicted octanol–water partition coefficient (Wildman–Crippen LogP) is 4.65. The van der Waals surface area contributed by atoms with E-state index in [0.29, 0.717) is 27.6 Å². The van der Waals surface area contributed by atoms with Gasteiger partial charge in [0.2, 0.25) is 10.8 Å². The molecule has 0 radical (unpaired) electrons. The molecule has 0 saturated heterocycles. The summed E-state index contributed by atoms with van der Waals surface area (Å²) in [6.07, 6.45) is 6.17. The highest BCUT2D eigenvalue weighted by molar-refractivity contribution is 7.85. The Morgan fingerprint density at radius 2 is 2.26 bits per heavy atom. The molecule has 27 heavy (non-hydrogen) atoms. The molecular formula is C19H20N4O2S2. The SMILES string of the molecule is CCCCS(=O)c1oc2nc(-c3nccs3)cc(C3=CN=C(C)C3)c2c1N. The zero-order valence-electron chi connectivity index (χ0n) is 15.2. The number of thiazole rings is 1. The fraction of sp³-hybridized carbons (Fsp3) is 0.316. The standard InChI is InChI=1S/C19H20N4O2S2/c1-3-4-7-27(24)19-16(20)15-13(12-8-11(2)22-10-12)9-14(23-17(15)25-19)18-21-5-6-26-18/h5-6,9-10H,3-4,7-8,20H2,1-2H3. The Kier molecular flexibility index (Phi) is 4.92. The molecule has 3 aromatic heterocycles. The first-order valence-corrected chi connectivity index (χ1v) is 11.0. The summed E-state index contributed by atoms with van der Waals surface area (Å²) in [6.45, 7) is 4.06. The number of fused-ring (bicyclic) bond motifs is 1. The minimum absolute atomic E-state index is 0.319. The van der Waals surface area contributed by atoms with Crippen LogP contribution in [0.5, 0.6) is 0 Å². The van der Waals surface area contributed by atoms with Crippen LogP contribution in [0.4, 0.5) is 5.69 Å². The molecular weight excluding hydrogens is 380 g/mol. The summed E-state index contributed by atoms with van der Waals surface area (Å²) in [5, 5.41) is 3.74. The molecule has 0 saturated carbocycles. The summed E-state index contributed by atoms with van der Waals surface area (Å²) >= 11 is 1.51. The average Bonchev–Trinajstić information content (AvgIpc) is 3.39. The molecule has 140 valence electrons. The molecule has 0 fully saturated rings. The molecule has 0 spiro atoms. The monoisotopic (exact) mass is 400 g/mol. The van der Waals surface area contributed by atoms with E-state index < -0.39 is 10.8 Å². The van der Waals surface area contributed by atoms with Crippen molar-refractivity contribution in [1.82, 2.24) is 9.97 Å². The number of hydrogen-bond acceptors (Lipinski definition) is 7. The number of hydrogen-bond donors (Lipinski definition) is 1. The molecule has 3 aromatic rings. The molecule has 0 aliphatic carbocycles. The van der Waals surface area contributed by atoms with E-state index in [9.17, 15) is 4.21 Å². The van der Waals surface area contributed by atoms with Gasteiger partial charge in [-0.15, -0.1) is 11.3 Å². The number of anilines is 1. The third-order valence-corrected chi connectivity index (χ3v) is 6.61. The van der Waals surface area contributed by atoms with Gasteiger partial charge < -0.3 is 10.2 Å². The van der Waals surface area contributed by atoms with Gasteiger partial charge in [-0.25, -0.2) is 9.97 Å². The van der Waals surface area contributed by atoms with E-state index in [1.165, 1.54) is 11.3 Å². The van der Waals surface area contributed by atoms with Gasteiger partial charge in [0.15, 0.2) is 0 Å². The summed E-state index contributed by atoms with van der Waals surface area (Å²) < 4.78 is 18.6. The summed E-state index contributed by atoms with van der Waals surface area (Å²) in [7, 11) is -1.28. The van der Waals surface area contributed by atoms with Crippen LogP contribution >= 0.6 is 11.3 Å². The third-order valence-electron chi connectivity index (χ3n) is 4.44. The molecule has 1 unspecified atom stereocenters. The van der Waals surface area contributed by atoms with Gasteiger partial charge in [0.05, 0.1) is 21.9 Å². The number of nitrogen functional groups attached to an aromatic ring is 1. The van der Waals surface area contributed by atoms with Crippen LogP contribution in [-0.4, -0.2) is 25.6 Å². The molecule has 6 nitrogen and oxygen atoms in total. The van der Waals surface area contributed by atoms with Crippen molar-refractivity contribution >= 4 is 50.2 Å². The maximum atomic E-state index is 12.7. The van der Waals surface area contributed by atoms with Gasteiger partial charge in [-0.2, -0.15) is 0 Å². The van der Waals surface area contributed by atoms with Gasteiger partial charge in [-0.3, -0.25) is 9.20 Å². The smallest absolute Gasteiger partial charge is 0.231 e. The zero-order chi connectivity index (χ0) is 19.0. The number of unbranched alkanes of at least 4 members (excludes halogenated alkanes) is 1.